The van der Waals surface area contributed by atoms with Crippen molar-refractivity contribution in [1.29, 1.82) is 0 Å². The van der Waals surface area contributed by atoms with Crippen LogP contribution in [0.25, 0.3) is 28.2 Å². The van der Waals surface area contributed by atoms with Gasteiger partial charge in [-0.25, -0.2) is 9.37 Å². The largest absolute Gasteiger partial charge is 0.505 e. The molecule has 0 spiro atoms. The number of hydrogen-bond donors (Lipinski definition) is 2. The van der Waals surface area contributed by atoms with Gasteiger partial charge in [-0.15, -0.1) is 0 Å². The van der Waals surface area contributed by atoms with E-state index in [1.165, 1.54) is 6.07 Å². The molecule has 0 radical (unpaired) electrons. The van der Waals surface area contributed by atoms with Gasteiger partial charge < -0.3 is 10.2 Å². The molecular formula is C21H20F2N2O2. The number of rotatable bonds is 6. The Hall–Kier alpha value is -2.86. The number of nitrogens with zero attached hydrogens (tertiary/aromatic N) is 2. The van der Waals surface area contributed by atoms with E-state index in [9.17, 15) is 19.0 Å². The van der Waals surface area contributed by atoms with Crippen LogP contribution in [-0.4, -0.2) is 26.3 Å². The molecule has 2 N–H and O–H groups in total. The quantitative estimate of drug-likeness (QED) is 0.609. The molecule has 0 saturated heterocycles. The molecule has 1 unspecified atom stereocenters. The molecule has 27 heavy (non-hydrogen) atoms. The zero-order valence-corrected chi connectivity index (χ0v) is 14.9. The summed E-state index contributed by atoms with van der Waals surface area (Å²) >= 11 is 0. The van der Waals surface area contributed by atoms with Gasteiger partial charge in [-0.2, -0.15) is 4.39 Å². The van der Waals surface area contributed by atoms with Crippen LogP contribution in [0.5, 0.6) is 5.75 Å². The first-order valence-electron chi connectivity index (χ1n) is 8.74. The first-order chi connectivity index (χ1) is 13.0. The normalized spacial score (nSPS) is 12.7. The number of aliphatic hydroxyl groups excluding tert-OH is 1. The van der Waals surface area contributed by atoms with Crippen LogP contribution in [0, 0.1) is 11.6 Å². The maximum atomic E-state index is 14.1. The lowest BCUT2D eigenvalue weighted by Gasteiger charge is -2.07. The Bertz CT molecular complexity index is 987. The average molecular weight is 370 g/mol. The van der Waals surface area contributed by atoms with Gasteiger partial charge in [-0.05, 0) is 62.1 Å². The molecule has 0 amide bonds. The summed E-state index contributed by atoms with van der Waals surface area (Å²) in [5.74, 6) is -3.09. The number of allylic oxidation sites excluding steroid dienone is 1. The first-order valence-corrected chi connectivity index (χ1v) is 8.74. The fourth-order valence-corrected chi connectivity index (χ4v) is 2.77. The summed E-state index contributed by atoms with van der Waals surface area (Å²) in [5.41, 5.74) is 2.41. The molecule has 2 aromatic carbocycles. The van der Waals surface area contributed by atoms with Gasteiger partial charge in [0, 0.05) is 5.56 Å². The highest BCUT2D eigenvalue weighted by Gasteiger charge is 2.14. The Morgan fingerprint density at radius 2 is 1.93 bits per heavy atom. The molecule has 0 aliphatic rings. The van der Waals surface area contributed by atoms with E-state index in [-0.39, 0.29) is 11.7 Å². The molecular weight excluding hydrogens is 350 g/mol. The molecule has 1 heterocycles. The zero-order valence-electron chi connectivity index (χ0n) is 14.9. The van der Waals surface area contributed by atoms with Gasteiger partial charge in [-0.1, -0.05) is 12.1 Å². The third-order valence-electron chi connectivity index (χ3n) is 4.22. The van der Waals surface area contributed by atoms with Crippen LogP contribution in [-0.2, 0) is 0 Å². The highest BCUT2D eigenvalue weighted by molar-refractivity contribution is 5.82. The summed E-state index contributed by atoms with van der Waals surface area (Å²) in [5, 5.41) is 18.5. The Morgan fingerprint density at radius 1 is 1.11 bits per heavy atom. The summed E-state index contributed by atoms with van der Waals surface area (Å²) < 4.78 is 27.7. The number of phenolic OH excluding ortho intramolecular Hbond substituents is 1. The second kappa shape index (κ2) is 8.22. The van der Waals surface area contributed by atoms with Crippen LogP contribution in [0.1, 0.15) is 31.9 Å². The molecule has 6 heteroatoms. The number of aromatic hydroxyl groups is 1. The van der Waals surface area contributed by atoms with Crippen LogP contribution >= 0.6 is 0 Å². The van der Waals surface area contributed by atoms with E-state index < -0.39 is 17.4 Å². The van der Waals surface area contributed by atoms with E-state index in [1.807, 2.05) is 12.2 Å². The Morgan fingerprint density at radius 3 is 2.70 bits per heavy atom. The van der Waals surface area contributed by atoms with E-state index in [2.05, 4.69) is 9.97 Å². The Balaban J connectivity index is 1.81. The molecule has 0 aliphatic carbocycles. The number of benzene rings is 2. The van der Waals surface area contributed by atoms with Crippen molar-refractivity contribution in [2.24, 2.45) is 0 Å². The predicted octanol–water partition coefficient (Wildman–Crippen LogP) is 4.84. The highest BCUT2D eigenvalue weighted by atomic mass is 19.2. The van der Waals surface area contributed by atoms with E-state index in [0.29, 0.717) is 22.3 Å². The third kappa shape index (κ3) is 4.46. The van der Waals surface area contributed by atoms with Crippen molar-refractivity contribution < 1.29 is 19.0 Å². The number of phenols is 1. The SMILES string of the molecule is CC(O)CCCC=Cc1cnc2cc(-c3ccc(O)c(F)c3F)ccc2n1. The molecule has 0 saturated carbocycles. The van der Waals surface area contributed by atoms with Crippen molar-refractivity contribution >= 4 is 17.1 Å². The molecule has 1 aromatic heterocycles. The van der Waals surface area contributed by atoms with Crippen molar-refractivity contribution in [3.05, 3.63) is 59.9 Å². The van der Waals surface area contributed by atoms with E-state index in [4.69, 9.17) is 0 Å². The maximum absolute atomic E-state index is 14.1. The smallest absolute Gasteiger partial charge is 0.200 e. The van der Waals surface area contributed by atoms with Crippen LogP contribution in [0.3, 0.4) is 0 Å². The van der Waals surface area contributed by atoms with Gasteiger partial charge in [0.05, 0.1) is 29.0 Å². The van der Waals surface area contributed by atoms with Crippen LogP contribution < -0.4 is 0 Å². The number of hydrogen-bond acceptors (Lipinski definition) is 4. The summed E-state index contributed by atoms with van der Waals surface area (Å²) in [6, 6.07) is 7.42. The highest BCUT2D eigenvalue weighted by Crippen LogP contribution is 2.30. The third-order valence-corrected chi connectivity index (χ3v) is 4.22. The van der Waals surface area contributed by atoms with Gasteiger partial charge in [-0.3, -0.25) is 4.98 Å². The number of halogens is 2. The molecule has 140 valence electrons. The van der Waals surface area contributed by atoms with Crippen LogP contribution in [0.15, 0.2) is 42.6 Å². The zero-order chi connectivity index (χ0) is 19.4. The van der Waals surface area contributed by atoms with Crippen molar-refractivity contribution in [2.75, 3.05) is 0 Å². The van der Waals surface area contributed by atoms with E-state index in [1.54, 1.807) is 31.3 Å². The van der Waals surface area contributed by atoms with Gasteiger partial charge in [0.2, 0.25) is 5.82 Å². The molecule has 0 bridgehead atoms. The maximum Gasteiger partial charge on any atom is 0.200 e. The molecule has 4 nitrogen and oxygen atoms in total. The molecule has 1 atom stereocenters. The molecule has 0 fully saturated rings. The lowest BCUT2D eigenvalue weighted by molar-refractivity contribution is 0.182. The average Bonchev–Trinajstić information content (AvgIpc) is 2.65. The fraction of sp³-hybridized carbons (Fsp3) is 0.238. The van der Waals surface area contributed by atoms with Gasteiger partial charge in [0.1, 0.15) is 0 Å². The van der Waals surface area contributed by atoms with Gasteiger partial charge in [0.15, 0.2) is 11.6 Å². The van der Waals surface area contributed by atoms with Crippen molar-refractivity contribution in [3.8, 4) is 16.9 Å². The Kier molecular flexibility index (Phi) is 5.76. The van der Waals surface area contributed by atoms with Crippen molar-refractivity contribution in [1.82, 2.24) is 9.97 Å². The van der Waals surface area contributed by atoms with Crippen molar-refractivity contribution in [3.63, 3.8) is 0 Å². The van der Waals surface area contributed by atoms with Crippen LogP contribution in [0.4, 0.5) is 8.78 Å². The second-order valence-corrected chi connectivity index (χ2v) is 6.44. The van der Waals surface area contributed by atoms with Gasteiger partial charge >= 0.3 is 0 Å². The molecule has 3 aromatic rings. The summed E-state index contributed by atoms with van der Waals surface area (Å²) in [6.45, 7) is 1.77. The molecule has 0 aliphatic heterocycles. The topological polar surface area (TPSA) is 66.2 Å². The summed E-state index contributed by atoms with van der Waals surface area (Å²) in [7, 11) is 0. The number of aromatic nitrogens is 2. The summed E-state index contributed by atoms with van der Waals surface area (Å²) in [6.07, 6.45) is 7.68. The number of aliphatic hydroxyl groups is 1. The Labute approximate surface area is 155 Å². The minimum Gasteiger partial charge on any atom is -0.505 e. The minimum atomic E-state index is -1.27. The predicted molar refractivity (Wildman–Crippen MR) is 101 cm³/mol. The summed E-state index contributed by atoms with van der Waals surface area (Å²) in [4.78, 5) is 8.84. The molecule has 3 rings (SSSR count). The number of fused-ring (bicyclic) bond motifs is 1. The lowest BCUT2D eigenvalue weighted by atomic mass is 10.0. The first kappa shape index (κ1) is 18.9. The lowest BCUT2D eigenvalue weighted by Crippen LogP contribution is -1.97. The van der Waals surface area contributed by atoms with Crippen molar-refractivity contribution in [2.45, 2.75) is 32.3 Å². The van der Waals surface area contributed by atoms with Gasteiger partial charge in [0.25, 0.3) is 0 Å². The fourth-order valence-electron chi connectivity index (χ4n) is 2.77. The van der Waals surface area contributed by atoms with Crippen LogP contribution in [0.2, 0.25) is 0 Å². The standard InChI is InChI=1S/C21H20F2N2O2/c1-13(26)5-3-2-4-6-15-12-24-18-11-14(7-9-17(18)25-15)16-8-10-19(27)21(23)20(16)22/h4,6-13,26-27H,2-3,5H2,1H3. The van der Waals surface area contributed by atoms with E-state index >= 15 is 0 Å². The minimum absolute atomic E-state index is 0.0519. The monoisotopic (exact) mass is 370 g/mol. The van der Waals surface area contributed by atoms with E-state index in [0.717, 1.165) is 25.3 Å². The second-order valence-electron chi connectivity index (χ2n) is 6.44. The number of unbranched alkanes of at least 4 members (excludes halogenated alkanes) is 1.